The molecule has 0 radical (unpaired) electrons. The summed E-state index contributed by atoms with van der Waals surface area (Å²) in [5.74, 6) is 0. The monoisotopic (exact) mass is 350 g/mol. The van der Waals surface area contributed by atoms with Crippen molar-refractivity contribution in [1.82, 2.24) is 0 Å². The van der Waals surface area contributed by atoms with E-state index >= 15 is 0 Å². The molecule has 16 heavy (non-hydrogen) atoms. The topological polar surface area (TPSA) is 36.9 Å². The number of hydrogen-bond donors (Lipinski definition) is 0. The zero-order valence-corrected chi connectivity index (χ0v) is 11.6. The van der Waals surface area contributed by atoms with Crippen LogP contribution in [0.2, 0.25) is 0 Å². The molecular weight excluding hydrogens is 330 g/mol. The molecule has 98 valence electrons. The Hall–Kier alpha value is 0.500. The third-order valence-electron chi connectivity index (χ3n) is 1.56. The fourth-order valence-corrected chi connectivity index (χ4v) is 1.18. The van der Waals surface area contributed by atoms with Crippen molar-refractivity contribution in [2.24, 2.45) is 0 Å². The van der Waals surface area contributed by atoms with Crippen molar-refractivity contribution in [3.8, 4) is 0 Å². The molecule has 0 N–H and O–H groups in total. The molecule has 0 aliphatic heterocycles. The van der Waals surface area contributed by atoms with Crippen LogP contribution >= 0.6 is 22.6 Å². The summed E-state index contributed by atoms with van der Waals surface area (Å²) in [6.07, 6.45) is 0. The lowest BCUT2D eigenvalue weighted by molar-refractivity contribution is -0.00133. The van der Waals surface area contributed by atoms with Crippen molar-refractivity contribution < 1.29 is 23.3 Å². The first-order chi connectivity index (χ1) is 7.91. The molecule has 0 saturated carbocycles. The van der Waals surface area contributed by atoms with Crippen LogP contribution in [-0.2, 0) is 18.9 Å². The van der Waals surface area contributed by atoms with Gasteiger partial charge in [0, 0.05) is 4.43 Å². The Morgan fingerprint density at radius 3 is 1.38 bits per heavy atom. The summed E-state index contributed by atoms with van der Waals surface area (Å²) in [5.41, 5.74) is 0. The summed E-state index contributed by atoms with van der Waals surface area (Å²) in [6.45, 7) is 3.70. The second-order valence-electron chi connectivity index (χ2n) is 2.83. The van der Waals surface area contributed by atoms with Gasteiger partial charge in [-0.2, -0.15) is 0 Å². The Morgan fingerprint density at radius 2 is 1.00 bits per heavy atom. The molecule has 0 rings (SSSR count). The van der Waals surface area contributed by atoms with Gasteiger partial charge in [0.25, 0.3) is 0 Å². The third kappa shape index (κ3) is 14.5. The van der Waals surface area contributed by atoms with Gasteiger partial charge in [-0.25, -0.2) is 4.39 Å². The van der Waals surface area contributed by atoms with Gasteiger partial charge in [-0.15, -0.1) is 0 Å². The van der Waals surface area contributed by atoms with Gasteiger partial charge in [-0.05, 0) is 0 Å². The molecule has 0 amide bonds. The van der Waals surface area contributed by atoms with Crippen LogP contribution in [0.1, 0.15) is 0 Å². The van der Waals surface area contributed by atoms with E-state index in [1.807, 2.05) is 0 Å². The Bertz CT molecular complexity index is 115. The van der Waals surface area contributed by atoms with Crippen LogP contribution in [0.15, 0.2) is 0 Å². The smallest absolute Gasteiger partial charge is 0.113 e. The number of rotatable bonds is 13. The van der Waals surface area contributed by atoms with E-state index < -0.39 is 6.67 Å². The molecule has 0 aliphatic carbocycles. The minimum Gasteiger partial charge on any atom is -0.378 e. The number of hydrogen-bond acceptors (Lipinski definition) is 4. The normalized spacial score (nSPS) is 10.9. The maximum atomic E-state index is 11.6. The van der Waals surface area contributed by atoms with E-state index in [1.165, 1.54) is 0 Å². The lowest BCUT2D eigenvalue weighted by atomic mass is 10.7. The molecule has 0 bridgehead atoms. The van der Waals surface area contributed by atoms with Crippen molar-refractivity contribution in [3.05, 3.63) is 0 Å². The number of halogens is 2. The van der Waals surface area contributed by atoms with Gasteiger partial charge < -0.3 is 18.9 Å². The van der Waals surface area contributed by atoms with Crippen LogP contribution in [0.3, 0.4) is 0 Å². The Labute approximate surface area is 110 Å². The van der Waals surface area contributed by atoms with Crippen LogP contribution in [0.4, 0.5) is 4.39 Å². The average molecular weight is 350 g/mol. The Balaban J connectivity index is 2.83. The lowest BCUT2D eigenvalue weighted by Crippen LogP contribution is -2.12. The molecular formula is C10H20FIO4. The van der Waals surface area contributed by atoms with Gasteiger partial charge >= 0.3 is 0 Å². The molecule has 4 nitrogen and oxygen atoms in total. The summed E-state index contributed by atoms with van der Waals surface area (Å²) < 4.78 is 33.2. The highest BCUT2D eigenvalue weighted by atomic mass is 127. The van der Waals surface area contributed by atoms with E-state index in [2.05, 4.69) is 22.6 Å². The highest BCUT2D eigenvalue weighted by Gasteiger charge is 1.91. The van der Waals surface area contributed by atoms with E-state index in [4.69, 9.17) is 18.9 Å². The molecule has 0 atom stereocenters. The fourth-order valence-electron chi connectivity index (χ4n) is 0.871. The second-order valence-corrected chi connectivity index (χ2v) is 3.91. The third-order valence-corrected chi connectivity index (χ3v) is 2.00. The summed E-state index contributed by atoms with van der Waals surface area (Å²) in [7, 11) is 0. The quantitative estimate of drug-likeness (QED) is 0.286. The van der Waals surface area contributed by atoms with Crippen LogP contribution in [-0.4, -0.2) is 64.0 Å². The van der Waals surface area contributed by atoms with Crippen LogP contribution in [0.5, 0.6) is 0 Å². The van der Waals surface area contributed by atoms with E-state index in [9.17, 15) is 4.39 Å². The summed E-state index contributed by atoms with van der Waals surface area (Å²) >= 11 is 2.26. The van der Waals surface area contributed by atoms with Gasteiger partial charge in [-0.1, -0.05) is 22.6 Å². The predicted molar refractivity (Wildman–Crippen MR) is 68.1 cm³/mol. The van der Waals surface area contributed by atoms with E-state index in [0.717, 1.165) is 11.0 Å². The molecule has 0 unspecified atom stereocenters. The van der Waals surface area contributed by atoms with Crippen molar-refractivity contribution >= 4 is 22.6 Å². The molecule has 0 aromatic carbocycles. The summed E-state index contributed by atoms with van der Waals surface area (Å²) in [6, 6.07) is 0. The molecule has 0 aromatic heterocycles. The minimum absolute atomic E-state index is 0.147. The molecule has 0 heterocycles. The Morgan fingerprint density at radius 1 is 0.625 bits per heavy atom. The fraction of sp³-hybridized carbons (Fsp3) is 1.00. The highest BCUT2D eigenvalue weighted by Crippen LogP contribution is 1.85. The second kappa shape index (κ2) is 15.5. The van der Waals surface area contributed by atoms with Crippen molar-refractivity contribution in [3.63, 3.8) is 0 Å². The first-order valence-corrected chi connectivity index (χ1v) is 6.87. The highest BCUT2D eigenvalue weighted by molar-refractivity contribution is 14.1. The van der Waals surface area contributed by atoms with Gasteiger partial charge in [0.2, 0.25) is 0 Å². The number of alkyl halides is 2. The zero-order chi connectivity index (χ0) is 11.9. The maximum absolute atomic E-state index is 11.6. The standard InChI is InChI=1S/C10H20FIO4/c11-1-3-13-5-7-15-9-10-16-8-6-14-4-2-12/h1-10H2. The molecule has 0 spiro atoms. The maximum Gasteiger partial charge on any atom is 0.113 e. The van der Waals surface area contributed by atoms with Gasteiger partial charge in [0.1, 0.15) is 6.67 Å². The number of ether oxygens (including phenoxy) is 4. The van der Waals surface area contributed by atoms with Crippen molar-refractivity contribution in [2.75, 3.05) is 64.0 Å². The van der Waals surface area contributed by atoms with Crippen LogP contribution in [0.25, 0.3) is 0 Å². The minimum atomic E-state index is -0.444. The largest absolute Gasteiger partial charge is 0.378 e. The Kier molecular flexibility index (Phi) is 16.0. The first-order valence-electron chi connectivity index (χ1n) is 5.34. The molecule has 6 heteroatoms. The molecule has 0 fully saturated rings. The van der Waals surface area contributed by atoms with Crippen molar-refractivity contribution in [1.29, 1.82) is 0 Å². The van der Waals surface area contributed by atoms with Gasteiger partial charge in [-0.3, -0.25) is 0 Å². The molecule has 0 aliphatic rings. The average Bonchev–Trinajstić information content (AvgIpc) is 2.31. The lowest BCUT2D eigenvalue weighted by Gasteiger charge is -2.06. The molecule has 0 aromatic rings. The van der Waals surface area contributed by atoms with Gasteiger partial charge in [0.15, 0.2) is 0 Å². The first kappa shape index (κ1) is 16.5. The van der Waals surface area contributed by atoms with Crippen LogP contribution in [0, 0.1) is 0 Å². The zero-order valence-electron chi connectivity index (χ0n) is 9.46. The molecule has 0 saturated heterocycles. The summed E-state index contributed by atoms with van der Waals surface area (Å²) in [4.78, 5) is 0. The van der Waals surface area contributed by atoms with E-state index in [-0.39, 0.29) is 6.61 Å². The van der Waals surface area contributed by atoms with Crippen LogP contribution < -0.4 is 0 Å². The van der Waals surface area contributed by atoms with E-state index in [1.54, 1.807) is 0 Å². The SMILES string of the molecule is FCCOCCOCCOCCOCCI. The van der Waals surface area contributed by atoms with Gasteiger partial charge in [0.05, 0.1) is 52.9 Å². The predicted octanol–water partition coefficient (Wildman–Crippen LogP) is 1.46. The summed E-state index contributed by atoms with van der Waals surface area (Å²) in [5, 5.41) is 0. The van der Waals surface area contributed by atoms with E-state index in [0.29, 0.717) is 39.6 Å². The van der Waals surface area contributed by atoms with Crippen molar-refractivity contribution in [2.45, 2.75) is 0 Å².